The van der Waals surface area contributed by atoms with Crippen LogP contribution in [-0.4, -0.2) is 21.5 Å². The predicted octanol–water partition coefficient (Wildman–Crippen LogP) is 6.15. The molecule has 1 N–H and O–H groups in total. The normalized spacial score (nSPS) is 10.9. The van der Waals surface area contributed by atoms with Crippen LogP contribution in [0.25, 0.3) is 11.3 Å². The molecule has 2 aromatic carbocycles. The Morgan fingerprint density at radius 3 is 2.46 bits per heavy atom. The van der Waals surface area contributed by atoms with Crippen LogP contribution in [0.5, 0.6) is 0 Å². The van der Waals surface area contributed by atoms with Crippen LogP contribution >= 0.6 is 11.8 Å². The average molecular weight is 392 g/mol. The molecule has 4 nitrogen and oxygen atoms in total. The van der Waals surface area contributed by atoms with Crippen LogP contribution in [0.4, 0.5) is 11.5 Å². The molecule has 0 aliphatic rings. The third kappa shape index (κ3) is 5.42. The molecule has 0 unspecified atom stereocenters. The zero-order valence-electron chi connectivity index (χ0n) is 16.7. The SMILES string of the molecule is CC(=O)c1ccc(Nc2cc(-c3cccc(C)c3)nc(SCC(C)C)n2)cc1. The molecule has 1 heterocycles. The first kappa shape index (κ1) is 20.1. The number of hydrogen-bond acceptors (Lipinski definition) is 5. The van der Waals surface area contributed by atoms with Crippen molar-refractivity contribution in [2.75, 3.05) is 11.1 Å². The summed E-state index contributed by atoms with van der Waals surface area (Å²) in [4.78, 5) is 20.9. The summed E-state index contributed by atoms with van der Waals surface area (Å²) in [5.74, 6) is 2.33. The van der Waals surface area contributed by atoms with Gasteiger partial charge in [0.05, 0.1) is 5.69 Å². The van der Waals surface area contributed by atoms with Crippen molar-refractivity contribution >= 4 is 29.1 Å². The van der Waals surface area contributed by atoms with Crippen LogP contribution < -0.4 is 5.32 Å². The van der Waals surface area contributed by atoms with Crippen molar-refractivity contribution in [2.24, 2.45) is 5.92 Å². The number of nitrogens with one attached hydrogen (secondary N) is 1. The second-order valence-electron chi connectivity index (χ2n) is 7.25. The van der Waals surface area contributed by atoms with Gasteiger partial charge in [-0.1, -0.05) is 49.4 Å². The lowest BCUT2D eigenvalue weighted by molar-refractivity contribution is 0.101. The van der Waals surface area contributed by atoms with Gasteiger partial charge >= 0.3 is 0 Å². The topological polar surface area (TPSA) is 54.9 Å². The maximum atomic E-state index is 11.5. The second-order valence-corrected chi connectivity index (χ2v) is 8.24. The fourth-order valence-electron chi connectivity index (χ4n) is 2.68. The molecule has 0 fully saturated rings. The van der Waals surface area contributed by atoms with Crippen molar-refractivity contribution < 1.29 is 4.79 Å². The summed E-state index contributed by atoms with van der Waals surface area (Å²) in [5.41, 5.74) is 4.75. The molecule has 3 rings (SSSR count). The summed E-state index contributed by atoms with van der Waals surface area (Å²) in [5, 5.41) is 4.11. The number of anilines is 2. The van der Waals surface area contributed by atoms with Crippen molar-refractivity contribution in [1.82, 2.24) is 9.97 Å². The van der Waals surface area contributed by atoms with E-state index in [1.165, 1.54) is 5.56 Å². The highest BCUT2D eigenvalue weighted by Gasteiger charge is 2.09. The molecule has 0 saturated heterocycles. The molecule has 0 radical (unpaired) electrons. The van der Waals surface area contributed by atoms with E-state index in [0.29, 0.717) is 11.5 Å². The van der Waals surface area contributed by atoms with Crippen LogP contribution in [0.3, 0.4) is 0 Å². The molecule has 1 aromatic heterocycles. The van der Waals surface area contributed by atoms with E-state index in [9.17, 15) is 4.79 Å². The van der Waals surface area contributed by atoms with Gasteiger partial charge < -0.3 is 5.32 Å². The zero-order valence-corrected chi connectivity index (χ0v) is 17.5. The first-order valence-corrected chi connectivity index (χ1v) is 10.4. The lowest BCUT2D eigenvalue weighted by Gasteiger charge is -2.11. The standard InChI is InChI=1S/C23H25N3OS/c1-15(2)14-28-23-25-21(19-7-5-6-16(3)12-19)13-22(26-23)24-20-10-8-18(9-11-20)17(4)27/h5-13,15H,14H2,1-4H3,(H,24,25,26). The number of thioether (sulfide) groups is 1. The third-order valence-electron chi connectivity index (χ3n) is 4.13. The van der Waals surface area contributed by atoms with E-state index in [1.807, 2.05) is 36.4 Å². The summed E-state index contributed by atoms with van der Waals surface area (Å²) >= 11 is 1.67. The highest BCUT2D eigenvalue weighted by molar-refractivity contribution is 7.99. The zero-order chi connectivity index (χ0) is 20.1. The predicted molar refractivity (Wildman–Crippen MR) is 117 cm³/mol. The number of nitrogens with zero attached hydrogens (tertiary/aromatic N) is 2. The van der Waals surface area contributed by atoms with Crippen LogP contribution in [0.15, 0.2) is 59.8 Å². The largest absolute Gasteiger partial charge is 0.340 e. The monoisotopic (exact) mass is 391 g/mol. The van der Waals surface area contributed by atoms with Gasteiger partial charge in [-0.05, 0) is 50.1 Å². The molecule has 0 aliphatic carbocycles. The Morgan fingerprint density at radius 1 is 1.07 bits per heavy atom. The minimum atomic E-state index is 0.0580. The molecule has 0 atom stereocenters. The minimum absolute atomic E-state index is 0.0580. The van der Waals surface area contributed by atoms with Crippen LogP contribution in [0.1, 0.15) is 36.7 Å². The average Bonchev–Trinajstić information content (AvgIpc) is 2.66. The number of carbonyl (C=O) groups is 1. The van der Waals surface area contributed by atoms with Crippen molar-refractivity contribution in [1.29, 1.82) is 0 Å². The highest BCUT2D eigenvalue weighted by Crippen LogP contribution is 2.27. The Bertz CT molecular complexity index is 968. The van der Waals surface area contributed by atoms with Crippen LogP contribution in [0, 0.1) is 12.8 Å². The number of rotatable bonds is 7. The fourth-order valence-corrected chi connectivity index (χ4v) is 3.49. The summed E-state index contributed by atoms with van der Waals surface area (Å²) in [6.45, 7) is 8.02. The summed E-state index contributed by atoms with van der Waals surface area (Å²) in [6.07, 6.45) is 0. The van der Waals surface area contributed by atoms with E-state index in [0.717, 1.165) is 33.7 Å². The number of hydrogen-bond donors (Lipinski definition) is 1. The molecule has 0 amide bonds. The molecule has 3 aromatic rings. The lowest BCUT2D eigenvalue weighted by Crippen LogP contribution is -2.01. The molecule has 0 aliphatic heterocycles. The maximum Gasteiger partial charge on any atom is 0.190 e. The molecule has 144 valence electrons. The Morgan fingerprint density at radius 2 is 1.82 bits per heavy atom. The molecule has 0 spiro atoms. The van der Waals surface area contributed by atoms with Crippen molar-refractivity contribution in [3.8, 4) is 11.3 Å². The minimum Gasteiger partial charge on any atom is -0.340 e. The Labute approximate surface area is 170 Å². The van der Waals surface area contributed by atoms with Crippen LogP contribution in [0.2, 0.25) is 0 Å². The number of benzene rings is 2. The fraction of sp³-hybridized carbons (Fsp3) is 0.261. The van der Waals surface area contributed by atoms with E-state index in [-0.39, 0.29) is 5.78 Å². The first-order chi connectivity index (χ1) is 13.4. The lowest BCUT2D eigenvalue weighted by atomic mass is 10.1. The van der Waals surface area contributed by atoms with E-state index < -0.39 is 0 Å². The van der Waals surface area contributed by atoms with Gasteiger partial charge in [0.2, 0.25) is 0 Å². The van der Waals surface area contributed by atoms with Gasteiger partial charge in [-0.2, -0.15) is 0 Å². The van der Waals surface area contributed by atoms with Gasteiger partial charge in [0.1, 0.15) is 5.82 Å². The number of aromatic nitrogens is 2. The number of ketones is 1. The molecule has 0 saturated carbocycles. The van der Waals surface area contributed by atoms with E-state index in [4.69, 9.17) is 4.98 Å². The number of aryl methyl sites for hydroxylation is 1. The number of Topliss-reactive ketones (excluding diaryl/α,β-unsaturated/α-hetero) is 1. The van der Waals surface area contributed by atoms with Crippen molar-refractivity contribution in [3.63, 3.8) is 0 Å². The van der Waals surface area contributed by atoms with Gasteiger partial charge in [0, 0.05) is 28.6 Å². The molecular weight excluding hydrogens is 366 g/mol. The van der Waals surface area contributed by atoms with Gasteiger partial charge in [-0.15, -0.1) is 0 Å². The van der Waals surface area contributed by atoms with Crippen molar-refractivity contribution in [2.45, 2.75) is 32.9 Å². The Kier molecular flexibility index (Phi) is 6.47. The summed E-state index contributed by atoms with van der Waals surface area (Å²) in [7, 11) is 0. The third-order valence-corrected chi connectivity index (χ3v) is 5.40. The van der Waals surface area contributed by atoms with Gasteiger partial charge in [-0.3, -0.25) is 4.79 Å². The molecular formula is C23H25N3OS. The first-order valence-electron chi connectivity index (χ1n) is 9.37. The van der Waals surface area contributed by atoms with Gasteiger partial charge in [0.25, 0.3) is 0 Å². The quantitative estimate of drug-likeness (QED) is 0.297. The second kappa shape index (κ2) is 9.02. The smallest absolute Gasteiger partial charge is 0.190 e. The van der Waals surface area contributed by atoms with Crippen molar-refractivity contribution in [3.05, 3.63) is 65.7 Å². The number of carbonyl (C=O) groups excluding carboxylic acids is 1. The van der Waals surface area contributed by atoms with Gasteiger partial charge in [-0.25, -0.2) is 9.97 Å². The van der Waals surface area contributed by atoms with E-state index in [2.05, 4.69) is 49.3 Å². The molecule has 0 bridgehead atoms. The molecule has 5 heteroatoms. The maximum absolute atomic E-state index is 11.5. The Hall–Kier alpha value is -2.66. The van der Waals surface area contributed by atoms with Gasteiger partial charge in [0.15, 0.2) is 10.9 Å². The molecule has 28 heavy (non-hydrogen) atoms. The van der Waals surface area contributed by atoms with E-state index >= 15 is 0 Å². The van der Waals surface area contributed by atoms with E-state index in [1.54, 1.807) is 18.7 Å². The highest BCUT2D eigenvalue weighted by atomic mass is 32.2. The van der Waals surface area contributed by atoms with Crippen LogP contribution in [-0.2, 0) is 0 Å². The Balaban J connectivity index is 1.93. The summed E-state index contributed by atoms with van der Waals surface area (Å²) < 4.78 is 0. The summed E-state index contributed by atoms with van der Waals surface area (Å²) in [6, 6.07) is 17.7.